The normalized spacial score (nSPS) is 11.0. The highest BCUT2D eigenvalue weighted by molar-refractivity contribution is 7.99. The van der Waals surface area contributed by atoms with Crippen molar-refractivity contribution in [2.24, 2.45) is 5.73 Å². The third kappa shape index (κ3) is 4.01. The van der Waals surface area contributed by atoms with Gasteiger partial charge in [0.1, 0.15) is 10.00 Å². The summed E-state index contributed by atoms with van der Waals surface area (Å²) in [6, 6.07) is 0. The van der Waals surface area contributed by atoms with E-state index in [4.69, 9.17) is 22.7 Å². The molecule has 0 aliphatic rings. The predicted molar refractivity (Wildman–Crippen MR) is 75.1 cm³/mol. The number of nitrogens with zero attached hydrogens (tertiary/aromatic N) is 1. The Morgan fingerprint density at radius 2 is 2.31 bits per heavy atom. The van der Waals surface area contributed by atoms with E-state index in [0.717, 1.165) is 21.3 Å². The van der Waals surface area contributed by atoms with Crippen molar-refractivity contribution in [1.29, 1.82) is 0 Å². The molecule has 2 N–H and O–H groups in total. The molecule has 90 valence electrons. The van der Waals surface area contributed by atoms with Crippen LogP contribution in [0.5, 0.6) is 0 Å². The van der Waals surface area contributed by atoms with Gasteiger partial charge in [-0.25, -0.2) is 4.98 Å². The van der Waals surface area contributed by atoms with E-state index >= 15 is 0 Å². The second-order valence-electron chi connectivity index (χ2n) is 3.54. The molecule has 0 aliphatic heterocycles. The molecule has 6 heteroatoms. The summed E-state index contributed by atoms with van der Waals surface area (Å²) in [5.41, 5.74) is 6.51. The zero-order chi connectivity index (χ0) is 12.1. The maximum absolute atomic E-state index is 5.65. The SMILES string of the molecule is COCc1nc(CSC(C)C)sc1C(N)=S. The van der Waals surface area contributed by atoms with Gasteiger partial charge in [0.2, 0.25) is 0 Å². The smallest absolute Gasteiger partial charge is 0.116 e. The molecule has 1 heterocycles. The van der Waals surface area contributed by atoms with Crippen molar-refractivity contribution in [1.82, 2.24) is 4.98 Å². The maximum atomic E-state index is 5.65. The predicted octanol–water partition coefficient (Wildman–Crippen LogP) is 2.57. The Bertz CT molecular complexity index is 363. The molecule has 16 heavy (non-hydrogen) atoms. The number of aromatic nitrogens is 1. The Hall–Kier alpha value is -0.170. The van der Waals surface area contributed by atoms with Crippen LogP contribution in [-0.2, 0) is 17.1 Å². The van der Waals surface area contributed by atoms with Gasteiger partial charge in [-0.1, -0.05) is 26.1 Å². The molecule has 0 radical (unpaired) electrons. The third-order valence-electron chi connectivity index (χ3n) is 1.79. The van der Waals surface area contributed by atoms with E-state index in [1.807, 2.05) is 11.8 Å². The number of thioether (sulfide) groups is 1. The first kappa shape index (κ1) is 13.9. The molecule has 0 unspecified atom stereocenters. The first-order valence-corrected chi connectivity index (χ1v) is 7.20. The Labute approximate surface area is 110 Å². The van der Waals surface area contributed by atoms with Crippen molar-refractivity contribution in [2.75, 3.05) is 7.11 Å². The van der Waals surface area contributed by atoms with E-state index in [1.165, 1.54) is 0 Å². The summed E-state index contributed by atoms with van der Waals surface area (Å²) in [4.78, 5) is 5.79. The molecule has 1 aromatic rings. The number of hydrogen-bond acceptors (Lipinski definition) is 5. The number of ether oxygens (including phenoxy) is 1. The maximum Gasteiger partial charge on any atom is 0.116 e. The summed E-state index contributed by atoms with van der Waals surface area (Å²) in [5.74, 6) is 0.904. The van der Waals surface area contributed by atoms with Crippen LogP contribution in [0.15, 0.2) is 0 Å². The molecule has 0 atom stereocenters. The molecular formula is C10H16N2OS3. The standard InChI is InChI=1S/C10H16N2OS3/c1-6(2)15-5-8-12-7(4-13-3)9(16-8)10(11)14/h6H,4-5H2,1-3H3,(H2,11,14). The molecule has 1 aromatic heterocycles. The van der Waals surface area contributed by atoms with E-state index in [-0.39, 0.29) is 0 Å². The molecule has 3 nitrogen and oxygen atoms in total. The molecule has 0 saturated heterocycles. The lowest BCUT2D eigenvalue weighted by molar-refractivity contribution is 0.182. The van der Waals surface area contributed by atoms with Crippen LogP contribution in [0.25, 0.3) is 0 Å². The van der Waals surface area contributed by atoms with Crippen LogP contribution in [0.2, 0.25) is 0 Å². The van der Waals surface area contributed by atoms with Crippen molar-refractivity contribution in [3.63, 3.8) is 0 Å². The minimum atomic E-state index is 0.408. The monoisotopic (exact) mass is 276 g/mol. The van der Waals surface area contributed by atoms with E-state index in [9.17, 15) is 0 Å². The molecule has 0 bridgehead atoms. The van der Waals surface area contributed by atoms with Crippen LogP contribution in [0.1, 0.15) is 29.4 Å². The average Bonchev–Trinajstić information content (AvgIpc) is 2.59. The first-order chi connectivity index (χ1) is 7.54. The summed E-state index contributed by atoms with van der Waals surface area (Å²) >= 11 is 8.43. The lowest BCUT2D eigenvalue weighted by atomic mass is 10.4. The van der Waals surface area contributed by atoms with Crippen molar-refractivity contribution in [2.45, 2.75) is 31.5 Å². The van der Waals surface area contributed by atoms with Gasteiger partial charge in [-0.15, -0.1) is 11.3 Å². The molecule has 0 aliphatic carbocycles. The Kier molecular flexibility index (Phi) is 5.68. The van der Waals surface area contributed by atoms with Crippen LogP contribution < -0.4 is 5.73 Å². The number of rotatable bonds is 6. The second kappa shape index (κ2) is 6.54. The zero-order valence-electron chi connectivity index (χ0n) is 9.65. The molecule has 1 rings (SSSR count). The summed E-state index contributed by atoms with van der Waals surface area (Å²) in [5, 5.41) is 1.66. The Morgan fingerprint density at radius 1 is 1.62 bits per heavy atom. The molecule has 0 saturated carbocycles. The van der Waals surface area contributed by atoms with Gasteiger partial charge < -0.3 is 10.5 Å². The van der Waals surface area contributed by atoms with Crippen molar-refractivity contribution < 1.29 is 4.74 Å². The number of nitrogens with two attached hydrogens (primary N) is 1. The highest BCUT2D eigenvalue weighted by Gasteiger charge is 2.13. The van der Waals surface area contributed by atoms with E-state index < -0.39 is 0 Å². The molecular weight excluding hydrogens is 260 g/mol. The summed E-state index contributed by atoms with van der Waals surface area (Å²) in [6.07, 6.45) is 0. The quantitative estimate of drug-likeness (QED) is 0.809. The lowest BCUT2D eigenvalue weighted by Gasteiger charge is -2.00. The van der Waals surface area contributed by atoms with Gasteiger partial charge in [-0.05, 0) is 5.25 Å². The number of thiocarbonyl (C=S) groups is 1. The summed E-state index contributed by atoms with van der Waals surface area (Å²) in [7, 11) is 1.64. The van der Waals surface area contributed by atoms with Gasteiger partial charge in [-0.3, -0.25) is 0 Å². The van der Waals surface area contributed by atoms with Gasteiger partial charge in [0.15, 0.2) is 0 Å². The molecule has 0 spiro atoms. The Balaban J connectivity index is 2.79. The minimum absolute atomic E-state index is 0.408. The van der Waals surface area contributed by atoms with Crippen molar-refractivity contribution in [3.05, 3.63) is 15.6 Å². The van der Waals surface area contributed by atoms with Crippen LogP contribution >= 0.6 is 35.3 Å². The fourth-order valence-corrected chi connectivity index (χ4v) is 3.07. The van der Waals surface area contributed by atoms with E-state index in [2.05, 4.69) is 18.8 Å². The van der Waals surface area contributed by atoms with Gasteiger partial charge >= 0.3 is 0 Å². The summed E-state index contributed by atoms with van der Waals surface area (Å²) < 4.78 is 5.08. The average molecular weight is 276 g/mol. The van der Waals surface area contributed by atoms with Crippen LogP contribution in [0.4, 0.5) is 0 Å². The van der Waals surface area contributed by atoms with Gasteiger partial charge in [0.25, 0.3) is 0 Å². The highest BCUT2D eigenvalue weighted by atomic mass is 32.2. The topological polar surface area (TPSA) is 48.1 Å². The van der Waals surface area contributed by atoms with Crippen LogP contribution in [0, 0.1) is 0 Å². The van der Waals surface area contributed by atoms with Crippen molar-refractivity contribution in [3.8, 4) is 0 Å². The minimum Gasteiger partial charge on any atom is -0.389 e. The third-order valence-corrected chi connectivity index (χ3v) is 4.54. The van der Waals surface area contributed by atoms with Gasteiger partial charge in [-0.2, -0.15) is 11.8 Å². The van der Waals surface area contributed by atoms with Crippen LogP contribution in [-0.4, -0.2) is 22.3 Å². The Morgan fingerprint density at radius 3 is 2.81 bits per heavy atom. The largest absolute Gasteiger partial charge is 0.389 e. The zero-order valence-corrected chi connectivity index (χ0v) is 12.1. The summed E-state index contributed by atoms with van der Waals surface area (Å²) in [6.45, 7) is 4.81. The number of methoxy groups -OCH3 is 1. The second-order valence-corrected chi connectivity index (χ2v) is 6.63. The van der Waals surface area contributed by atoms with E-state index in [1.54, 1.807) is 18.4 Å². The molecule has 0 fully saturated rings. The fraction of sp³-hybridized carbons (Fsp3) is 0.600. The number of thiazole rings is 1. The lowest BCUT2D eigenvalue weighted by Crippen LogP contribution is -2.10. The van der Waals surface area contributed by atoms with Gasteiger partial charge in [0.05, 0.1) is 17.2 Å². The first-order valence-electron chi connectivity index (χ1n) is 4.93. The molecule has 0 amide bonds. The fourth-order valence-electron chi connectivity index (χ4n) is 1.13. The van der Waals surface area contributed by atoms with Crippen molar-refractivity contribution >= 4 is 40.3 Å². The molecule has 0 aromatic carbocycles. The highest BCUT2D eigenvalue weighted by Crippen LogP contribution is 2.24. The number of hydrogen-bond donors (Lipinski definition) is 1. The van der Waals surface area contributed by atoms with Gasteiger partial charge in [0, 0.05) is 12.9 Å². The van der Waals surface area contributed by atoms with Crippen LogP contribution in [0.3, 0.4) is 0 Å². The van der Waals surface area contributed by atoms with E-state index in [0.29, 0.717) is 16.8 Å².